The second-order valence-corrected chi connectivity index (χ2v) is 13.0. The molecule has 4 heteroatoms. The second kappa shape index (κ2) is 10.2. The van der Waals surface area contributed by atoms with Crippen LogP contribution in [-0.2, 0) is 5.41 Å². The van der Waals surface area contributed by atoms with Crippen molar-refractivity contribution in [3.05, 3.63) is 156 Å². The van der Waals surface area contributed by atoms with Crippen molar-refractivity contribution in [3.63, 3.8) is 0 Å². The van der Waals surface area contributed by atoms with E-state index in [0.717, 1.165) is 84.0 Å². The lowest BCUT2D eigenvalue weighted by atomic mass is 9.76. The molecular formula is C44H30N2O2. The quantitative estimate of drug-likeness (QED) is 0.197. The minimum absolute atomic E-state index is 0.173. The van der Waals surface area contributed by atoms with Crippen LogP contribution in [-0.4, -0.2) is 9.55 Å². The Morgan fingerprint density at radius 1 is 0.604 bits per heavy atom. The monoisotopic (exact) mass is 618 g/mol. The van der Waals surface area contributed by atoms with E-state index >= 15 is 0 Å². The normalized spacial score (nSPS) is 15.9. The van der Waals surface area contributed by atoms with Crippen molar-refractivity contribution < 1.29 is 8.83 Å². The van der Waals surface area contributed by atoms with E-state index in [1.807, 2.05) is 24.3 Å². The number of para-hydroxylation sites is 3. The molecule has 0 aliphatic heterocycles. The van der Waals surface area contributed by atoms with Gasteiger partial charge in [0.05, 0.1) is 11.0 Å². The fourth-order valence-electron chi connectivity index (χ4n) is 7.47. The van der Waals surface area contributed by atoms with Crippen molar-refractivity contribution in [3.8, 4) is 28.2 Å². The van der Waals surface area contributed by atoms with E-state index in [1.54, 1.807) is 0 Å². The number of furan rings is 2. The Balaban J connectivity index is 1.09. The van der Waals surface area contributed by atoms with E-state index in [-0.39, 0.29) is 5.41 Å². The number of nitrogens with zero attached hydrogens (tertiary/aromatic N) is 2. The van der Waals surface area contributed by atoms with Crippen LogP contribution in [0.3, 0.4) is 0 Å². The number of hydrogen-bond acceptors (Lipinski definition) is 3. The third-order valence-electron chi connectivity index (χ3n) is 10.00. The van der Waals surface area contributed by atoms with Crippen molar-refractivity contribution in [2.45, 2.75) is 18.8 Å². The topological polar surface area (TPSA) is 44.1 Å². The molecule has 228 valence electrons. The first kappa shape index (κ1) is 27.0. The number of hydrogen-bond donors (Lipinski definition) is 0. The Bertz CT molecular complexity index is 2840. The Labute approximate surface area is 276 Å². The summed E-state index contributed by atoms with van der Waals surface area (Å²) in [5.41, 5.74) is 11.3. The van der Waals surface area contributed by atoms with Crippen molar-refractivity contribution >= 4 is 56.1 Å². The molecule has 0 saturated heterocycles. The number of benzene rings is 6. The summed E-state index contributed by atoms with van der Waals surface area (Å²) in [6, 6.07) is 49.0. The second-order valence-electron chi connectivity index (χ2n) is 13.0. The highest BCUT2D eigenvalue weighted by Gasteiger charge is 2.27. The Kier molecular flexibility index (Phi) is 5.73. The highest BCUT2D eigenvalue weighted by atomic mass is 16.3. The van der Waals surface area contributed by atoms with Gasteiger partial charge in [-0.3, -0.25) is 4.57 Å². The van der Waals surface area contributed by atoms with E-state index in [0.29, 0.717) is 0 Å². The molecule has 0 fully saturated rings. The minimum Gasteiger partial charge on any atom is -0.456 e. The van der Waals surface area contributed by atoms with Gasteiger partial charge in [0.1, 0.15) is 28.0 Å². The first-order valence-electron chi connectivity index (χ1n) is 16.4. The van der Waals surface area contributed by atoms with Gasteiger partial charge < -0.3 is 8.83 Å². The number of aromatic nitrogens is 2. The largest absolute Gasteiger partial charge is 0.456 e. The zero-order valence-corrected chi connectivity index (χ0v) is 26.4. The van der Waals surface area contributed by atoms with Crippen LogP contribution < -0.4 is 10.6 Å². The highest BCUT2D eigenvalue weighted by Crippen LogP contribution is 2.39. The molecule has 48 heavy (non-hydrogen) atoms. The average Bonchev–Trinajstić information content (AvgIpc) is 3.83. The van der Waals surface area contributed by atoms with Crippen molar-refractivity contribution in [2.24, 2.45) is 0 Å². The van der Waals surface area contributed by atoms with Crippen LogP contribution in [0.1, 0.15) is 18.9 Å². The fraction of sp³-hybridized carbons (Fsp3) is 0.0682. The molecule has 3 aromatic heterocycles. The van der Waals surface area contributed by atoms with Crippen molar-refractivity contribution in [2.75, 3.05) is 0 Å². The van der Waals surface area contributed by atoms with E-state index in [2.05, 4.69) is 139 Å². The maximum Gasteiger partial charge on any atom is 0.145 e. The Morgan fingerprint density at radius 3 is 2.25 bits per heavy atom. The molecule has 0 amide bonds. The van der Waals surface area contributed by atoms with Gasteiger partial charge in [0, 0.05) is 38.0 Å². The molecule has 0 radical (unpaired) electrons. The Hall–Kier alpha value is -6.13. The maximum absolute atomic E-state index is 6.37. The molecule has 9 aromatic rings. The van der Waals surface area contributed by atoms with Gasteiger partial charge in [-0.25, -0.2) is 4.98 Å². The minimum atomic E-state index is -0.173. The van der Waals surface area contributed by atoms with E-state index in [4.69, 9.17) is 13.8 Å². The zero-order chi connectivity index (χ0) is 31.8. The molecule has 1 atom stereocenters. The van der Waals surface area contributed by atoms with Crippen LogP contribution in [0.25, 0.3) is 84.3 Å². The van der Waals surface area contributed by atoms with Gasteiger partial charge >= 0.3 is 0 Å². The molecule has 4 nitrogen and oxygen atoms in total. The summed E-state index contributed by atoms with van der Waals surface area (Å²) in [7, 11) is 0. The number of fused-ring (bicyclic) bond motifs is 7. The number of rotatable bonds is 4. The lowest BCUT2D eigenvalue weighted by Gasteiger charge is -2.27. The van der Waals surface area contributed by atoms with Gasteiger partial charge in [-0.15, -0.1) is 0 Å². The summed E-state index contributed by atoms with van der Waals surface area (Å²) in [5.74, 6) is 0.929. The molecule has 1 aliphatic rings. The summed E-state index contributed by atoms with van der Waals surface area (Å²) in [4.78, 5) is 5.05. The molecule has 6 aromatic carbocycles. The predicted octanol–water partition coefficient (Wildman–Crippen LogP) is 9.93. The molecule has 0 saturated carbocycles. The van der Waals surface area contributed by atoms with Crippen LogP contribution in [0.5, 0.6) is 0 Å². The smallest absolute Gasteiger partial charge is 0.145 e. The van der Waals surface area contributed by atoms with Crippen LogP contribution in [0, 0.1) is 0 Å². The van der Waals surface area contributed by atoms with Gasteiger partial charge in [-0.1, -0.05) is 97.9 Å². The summed E-state index contributed by atoms with van der Waals surface area (Å²) < 4.78 is 14.8. The first-order chi connectivity index (χ1) is 23.6. The summed E-state index contributed by atoms with van der Waals surface area (Å²) in [6.07, 6.45) is 5.50. The lowest BCUT2D eigenvalue weighted by Crippen LogP contribution is -2.32. The van der Waals surface area contributed by atoms with Gasteiger partial charge in [0.15, 0.2) is 0 Å². The van der Waals surface area contributed by atoms with Crippen LogP contribution in [0.15, 0.2) is 148 Å². The molecule has 0 N–H and O–H groups in total. The SMILES string of the molecule is CC1(c2ccc3oc4ccc(-c5cccc(-n6c(-c7ccccc7)nc7ccccc76)c5)cc4c3c2)C=c2c(oc3ccccc23)=CC1. The highest BCUT2D eigenvalue weighted by molar-refractivity contribution is 6.06. The van der Waals surface area contributed by atoms with Gasteiger partial charge in [0.2, 0.25) is 0 Å². The number of imidazole rings is 1. The Morgan fingerprint density at radius 2 is 1.33 bits per heavy atom. The van der Waals surface area contributed by atoms with Gasteiger partial charge in [0.25, 0.3) is 0 Å². The molecule has 0 spiro atoms. The first-order valence-corrected chi connectivity index (χ1v) is 16.4. The lowest BCUT2D eigenvalue weighted by molar-refractivity contribution is 0.558. The average molecular weight is 619 g/mol. The fourth-order valence-corrected chi connectivity index (χ4v) is 7.47. The van der Waals surface area contributed by atoms with Crippen molar-refractivity contribution in [1.82, 2.24) is 9.55 Å². The molecular weight excluding hydrogens is 588 g/mol. The summed E-state index contributed by atoms with van der Waals surface area (Å²) >= 11 is 0. The van der Waals surface area contributed by atoms with E-state index in [1.165, 1.54) is 10.8 Å². The summed E-state index contributed by atoms with van der Waals surface area (Å²) in [5, 5.41) is 4.59. The van der Waals surface area contributed by atoms with E-state index < -0.39 is 0 Å². The van der Waals surface area contributed by atoms with Gasteiger partial charge in [-0.05, 0) is 83.8 Å². The third kappa shape index (κ3) is 4.12. The standard InChI is InChI=1S/C44H30N2O2/c1-44(23-22-42-36(27-44)33-14-5-8-17-39(33)47-42)31-19-21-41-35(26-31)34-25-30(18-20-40(34)48-41)29-12-9-13-32(24-29)46-38-16-7-6-15-37(38)45-43(46)28-10-3-2-4-11-28/h2-22,24-27H,23H2,1H3. The van der Waals surface area contributed by atoms with Gasteiger partial charge in [-0.2, -0.15) is 0 Å². The maximum atomic E-state index is 6.37. The van der Waals surface area contributed by atoms with Crippen LogP contribution in [0.2, 0.25) is 0 Å². The van der Waals surface area contributed by atoms with Crippen LogP contribution >= 0.6 is 0 Å². The molecule has 10 rings (SSSR count). The zero-order valence-electron chi connectivity index (χ0n) is 26.4. The summed E-state index contributed by atoms with van der Waals surface area (Å²) in [6.45, 7) is 2.32. The third-order valence-corrected chi connectivity index (χ3v) is 10.00. The van der Waals surface area contributed by atoms with Crippen LogP contribution in [0.4, 0.5) is 0 Å². The molecule has 1 aliphatic carbocycles. The van der Waals surface area contributed by atoms with Crippen molar-refractivity contribution in [1.29, 1.82) is 0 Å². The van der Waals surface area contributed by atoms with E-state index in [9.17, 15) is 0 Å². The molecule has 0 bridgehead atoms. The molecule has 1 unspecified atom stereocenters. The predicted molar refractivity (Wildman–Crippen MR) is 196 cm³/mol. The molecule has 3 heterocycles.